The smallest absolute Gasteiger partial charge is 0.254 e. The van der Waals surface area contributed by atoms with Crippen LogP contribution in [0.15, 0.2) is 35.7 Å². The van der Waals surface area contributed by atoms with Gasteiger partial charge in [-0.2, -0.15) is 0 Å². The molecule has 1 saturated heterocycles. The van der Waals surface area contributed by atoms with E-state index in [2.05, 4.69) is 10.9 Å². The van der Waals surface area contributed by atoms with Crippen LogP contribution in [0.4, 0.5) is 4.39 Å². The summed E-state index contributed by atoms with van der Waals surface area (Å²) < 4.78 is 13.1. The molecule has 1 aromatic heterocycles. The van der Waals surface area contributed by atoms with E-state index in [1.807, 2.05) is 0 Å². The average Bonchev–Trinajstić information content (AvgIpc) is 3.24. The predicted octanol–water partition coefficient (Wildman–Crippen LogP) is 2.63. The largest absolute Gasteiger partial charge is 0.341 e. The van der Waals surface area contributed by atoms with E-state index in [-0.39, 0.29) is 29.5 Å². The number of amides is 1. The minimum atomic E-state index is -0.266. The molecule has 0 saturated carbocycles. The molecule has 5 nitrogen and oxygen atoms in total. The van der Waals surface area contributed by atoms with E-state index in [9.17, 15) is 14.0 Å². The Hall–Kier alpha value is -2.09. The quantitative estimate of drug-likeness (QED) is 0.804. The van der Waals surface area contributed by atoms with E-state index in [0.29, 0.717) is 23.5 Å². The highest BCUT2D eigenvalue weighted by molar-refractivity contribution is 7.12. The average molecular weight is 361 g/mol. The molecule has 7 heteroatoms. The minimum absolute atomic E-state index is 0.00565. The van der Waals surface area contributed by atoms with Gasteiger partial charge >= 0.3 is 0 Å². The molecule has 2 heterocycles. The van der Waals surface area contributed by atoms with Gasteiger partial charge in [0.25, 0.3) is 5.91 Å². The molecule has 2 atom stereocenters. The molecule has 1 amide bonds. The van der Waals surface area contributed by atoms with E-state index in [0.717, 1.165) is 5.56 Å². The number of carbonyl (C=O) groups excluding carboxylic acids is 2. The molecule has 2 unspecified atom stereocenters. The fraction of sp³-hybridized carbons (Fsp3) is 0.333. The Morgan fingerprint density at radius 3 is 2.68 bits per heavy atom. The maximum atomic E-state index is 13.1. The van der Waals surface area contributed by atoms with E-state index in [1.54, 1.807) is 35.5 Å². The zero-order valence-corrected chi connectivity index (χ0v) is 14.9. The van der Waals surface area contributed by atoms with Gasteiger partial charge in [0.05, 0.1) is 16.5 Å². The van der Waals surface area contributed by atoms with Gasteiger partial charge in [-0.3, -0.25) is 15.0 Å². The Morgan fingerprint density at radius 1 is 1.32 bits per heavy atom. The van der Waals surface area contributed by atoms with Crippen LogP contribution >= 0.6 is 11.3 Å². The van der Waals surface area contributed by atoms with Crippen LogP contribution < -0.4 is 10.9 Å². The Balaban J connectivity index is 1.68. The van der Waals surface area contributed by atoms with Crippen molar-refractivity contribution in [2.75, 3.05) is 20.1 Å². The molecule has 1 aliphatic rings. The second-order valence-corrected chi connectivity index (χ2v) is 7.17. The van der Waals surface area contributed by atoms with Gasteiger partial charge in [0.15, 0.2) is 5.78 Å². The lowest BCUT2D eigenvalue weighted by atomic mass is 9.94. The monoisotopic (exact) mass is 361 g/mol. The first kappa shape index (κ1) is 17.7. The first-order chi connectivity index (χ1) is 12.0. The highest BCUT2D eigenvalue weighted by atomic mass is 32.1. The summed E-state index contributed by atoms with van der Waals surface area (Å²) in [6, 6.07) is 8.05. The van der Waals surface area contributed by atoms with Crippen molar-refractivity contribution < 1.29 is 14.0 Å². The molecule has 0 radical (unpaired) electrons. The van der Waals surface area contributed by atoms with Gasteiger partial charge in [0.1, 0.15) is 5.82 Å². The number of halogens is 1. The van der Waals surface area contributed by atoms with Gasteiger partial charge in [-0.25, -0.2) is 9.82 Å². The summed E-state index contributed by atoms with van der Waals surface area (Å²) >= 11 is 1.29. The van der Waals surface area contributed by atoms with Gasteiger partial charge in [0, 0.05) is 31.4 Å². The number of nitrogens with zero attached hydrogens (tertiary/aromatic N) is 1. The lowest BCUT2D eigenvalue weighted by molar-refractivity contribution is 0.0772. The van der Waals surface area contributed by atoms with Crippen LogP contribution in [0, 0.1) is 11.7 Å². The number of benzene rings is 1. The maximum absolute atomic E-state index is 13.1. The second-order valence-electron chi connectivity index (χ2n) is 6.26. The molecule has 1 aromatic carbocycles. The summed E-state index contributed by atoms with van der Waals surface area (Å²) in [5.41, 5.74) is 7.82. The standard InChI is InChI=1S/C18H20FN3O2S/c1-11(23)16-7-13(10-25-16)18(24)22(2)9-14-8-20-21-17(14)12-3-5-15(19)6-4-12/h3-7,10,14,17,20-21H,8-9H2,1-2H3. The zero-order valence-electron chi connectivity index (χ0n) is 14.1. The number of rotatable bonds is 5. The number of hydrogen-bond donors (Lipinski definition) is 2. The van der Waals surface area contributed by atoms with Crippen molar-refractivity contribution >= 4 is 23.0 Å². The van der Waals surface area contributed by atoms with Crippen LogP contribution in [0.1, 0.15) is 38.6 Å². The van der Waals surface area contributed by atoms with E-state index >= 15 is 0 Å². The van der Waals surface area contributed by atoms with Crippen molar-refractivity contribution in [3.8, 4) is 0 Å². The second kappa shape index (κ2) is 7.43. The van der Waals surface area contributed by atoms with Gasteiger partial charge in [-0.05, 0) is 30.7 Å². The van der Waals surface area contributed by atoms with Crippen LogP contribution in [0.25, 0.3) is 0 Å². The Morgan fingerprint density at radius 2 is 2.04 bits per heavy atom. The van der Waals surface area contributed by atoms with Crippen LogP contribution in [-0.2, 0) is 0 Å². The van der Waals surface area contributed by atoms with Gasteiger partial charge in [-0.1, -0.05) is 12.1 Å². The normalized spacial score (nSPS) is 19.8. The number of thiophene rings is 1. The van der Waals surface area contributed by atoms with Crippen molar-refractivity contribution in [3.05, 3.63) is 57.5 Å². The number of hydrogen-bond acceptors (Lipinski definition) is 5. The van der Waals surface area contributed by atoms with E-state index in [4.69, 9.17) is 0 Å². The molecule has 132 valence electrons. The fourth-order valence-electron chi connectivity index (χ4n) is 3.02. The number of nitrogens with one attached hydrogen (secondary N) is 2. The lowest BCUT2D eigenvalue weighted by Crippen LogP contribution is -2.34. The molecule has 1 aliphatic heterocycles. The summed E-state index contributed by atoms with van der Waals surface area (Å²) in [4.78, 5) is 26.2. The van der Waals surface area contributed by atoms with Crippen molar-refractivity contribution in [2.45, 2.75) is 13.0 Å². The molecule has 0 spiro atoms. The van der Waals surface area contributed by atoms with Crippen LogP contribution in [0.3, 0.4) is 0 Å². The molecule has 2 aromatic rings. The third-order valence-corrected chi connectivity index (χ3v) is 5.40. The highest BCUT2D eigenvalue weighted by Gasteiger charge is 2.30. The number of hydrazine groups is 1. The minimum Gasteiger partial charge on any atom is -0.341 e. The van der Waals surface area contributed by atoms with Crippen molar-refractivity contribution in [1.29, 1.82) is 0 Å². The summed E-state index contributed by atoms with van der Waals surface area (Å²) in [7, 11) is 1.76. The SMILES string of the molecule is CC(=O)c1cc(C(=O)N(C)CC2CNNC2c2ccc(F)cc2)cs1. The van der Waals surface area contributed by atoms with Crippen LogP contribution in [0.5, 0.6) is 0 Å². The van der Waals surface area contributed by atoms with Gasteiger partial charge < -0.3 is 4.90 Å². The van der Waals surface area contributed by atoms with E-state index in [1.165, 1.54) is 30.4 Å². The predicted molar refractivity (Wildman–Crippen MR) is 95.1 cm³/mol. The maximum Gasteiger partial charge on any atom is 0.254 e. The van der Waals surface area contributed by atoms with Gasteiger partial charge in [0.2, 0.25) is 0 Å². The Kier molecular flexibility index (Phi) is 5.27. The molecule has 0 bridgehead atoms. The number of Topliss-reactive ketones (excluding diaryl/α,β-unsaturated/α-hetero) is 1. The van der Waals surface area contributed by atoms with Crippen molar-refractivity contribution in [2.24, 2.45) is 5.92 Å². The summed E-state index contributed by atoms with van der Waals surface area (Å²) in [6.45, 7) is 2.75. The van der Waals surface area contributed by atoms with Gasteiger partial charge in [-0.15, -0.1) is 11.3 Å². The zero-order chi connectivity index (χ0) is 18.0. The molecule has 3 rings (SSSR count). The third kappa shape index (κ3) is 3.95. The summed E-state index contributed by atoms with van der Waals surface area (Å²) in [6.07, 6.45) is 0. The third-order valence-electron chi connectivity index (χ3n) is 4.37. The van der Waals surface area contributed by atoms with Crippen molar-refractivity contribution in [3.63, 3.8) is 0 Å². The first-order valence-electron chi connectivity index (χ1n) is 8.04. The highest BCUT2D eigenvalue weighted by Crippen LogP contribution is 2.26. The summed E-state index contributed by atoms with van der Waals surface area (Å²) in [5, 5.41) is 1.72. The van der Waals surface area contributed by atoms with Crippen LogP contribution in [0.2, 0.25) is 0 Å². The number of ketones is 1. The molecule has 25 heavy (non-hydrogen) atoms. The fourth-order valence-corrected chi connectivity index (χ4v) is 3.80. The summed E-state index contributed by atoms with van der Waals surface area (Å²) in [5.74, 6) is -0.247. The van der Waals surface area contributed by atoms with Crippen molar-refractivity contribution in [1.82, 2.24) is 15.8 Å². The molecule has 0 aliphatic carbocycles. The Bertz CT molecular complexity index is 775. The van der Waals surface area contributed by atoms with Crippen LogP contribution in [-0.4, -0.2) is 36.7 Å². The topological polar surface area (TPSA) is 61.4 Å². The molecule has 1 fully saturated rings. The molecular weight excluding hydrogens is 341 g/mol. The van der Waals surface area contributed by atoms with E-state index < -0.39 is 0 Å². The first-order valence-corrected chi connectivity index (χ1v) is 8.92. The molecule has 2 N–H and O–H groups in total. The molecular formula is C18H20FN3O2S. The Labute approximate surface area is 149 Å². The lowest BCUT2D eigenvalue weighted by Gasteiger charge is -2.24. The number of carbonyl (C=O) groups is 2.